The first-order valence-corrected chi connectivity index (χ1v) is 8.29. The topological polar surface area (TPSA) is 37.3 Å². The Bertz CT molecular complexity index is 398. The molecule has 0 aliphatic heterocycles. The Morgan fingerprint density at radius 3 is 1.86 bits per heavy atom. The van der Waals surface area contributed by atoms with Crippen LogP contribution < -0.4 is 0 Å². The van der Waals surface area contributed by atoms with Crippen LogP contribution in [0.5, 0.6) is 0 Å². The highest BCUT2D eigenvalue weighted by molar-refractivity contribution is 5.66. The number of hydrogen-bond acceptors (Lipinski definition) is 1. The third-order valence-electron chi connectivity index (χ3n) is 3.00. The maximum atomic E-state index is 10.3. The minimum atomic E-state index is -0.754. The summed E-state index contributed by atoms with van der Waals surface area (Å²) in [6.07, 6.45) is 28.5. The molecule has 2 heteroatoms. The lowest BCUT2D eigenvalue weighted by Crippen LogP contribution is -1.91. The van der Waals surface area contributed by atoms with Crippen molar-refractivity contribution in [2.24, 2.45) is 0 Å². The van der Waals surface area contributed by atoms with Crippen LogP contribution in [0.25, 0.3) is 0 Å². The molecule has 0 atom stereocenters. The van der Waals surface area contributed by atoms with Gasteiger partial charge in [-0.15, -0.1) is 0 Å². The summed E-state index contributed by atoms with van der Waals surface area (Å²) >= 11 is 0. The molecule has 2 nitrogen and oxygen atoms in total. The van der Waals surface area contributed by atoms with Crippen LogP contribution in [0.2, 0.25) is 0 Å². The van der Waals surface area contributed by atoms with Crippen LogP contribution in [0.4, 0.5) is 0 Å². The van der Waals surface area contributed by atoms with E-state index in [0.717, 1.165) is 12.8 Å². The van der Waals surface area contributed by atoms with Gasteiger partial charge in [0.2, 0.25) is 0 Å². The van der Waals surface area contributed by atoms with Crippen LogP contribution in [0.3, 0.4) is 0 Å². The van der Waals surface area contributed by atoms with Gasteiger partial charge in [-0.05, 0) is 38.5 Å². The lowest BCUT2D eigenvalue weighted by molar-refractivity contribution is -0.136. The molecule has 0 heterocycles. The molecule has 0 spiro atoms. The average Bonchev–Trinajstić information content (AvgIpc) is 2.50. The van der Waals surface area contributed by atoms with E-state index in [-0.39, 0.29) is 6.42 Å². The Balaban J connectivity index is 3.48. The summed E-state index contributed by atoms with van der Waals surface area (Å²) in [7, 11) is 0. The highest BCUT2D eigenvalue weighted by Gasteiger charge is 1.90. The Morgan fingerprint density at radius 2 is 1.27 bits per heavy atom. The van der Waals surface area contributed by atoms with E-state index in [1.165, 1.54) is 25.7 Å². The zero-order chi connectivity index (χ0) is 16.3. The van der Waals surface area contributed by atoms with Crippen LogP contribution in [0, 0.1) is 0 Å². The van der Waals surface area contributed by atoms with Crippen molar-refractivity contribution in [2.45, 2.75) is 58.3 Å². The molecular weight excluding hydrogens is 272 g/mol. The van der Waals surface area contributed by atoms with Crippen molar-refractivity contribution in [1.82, 2.24) is 0 Å². The fourth-order valence-electron chi connectivity index (χ4n) is 1.80. The first kappa shape index (κ1) is 20.2. The zero-order valence-corrected chi connectivity index (χ0v) is 13.8. The van der Waals surface area contributed by atoms with E-state index in [0.29, 0.717) is 6.42 Å². The Morgan fingerprint density at radius 1 is 0.727 bits per heavy atom. The van der Waals surface area contributed by atoms with Gasteiger partial charge in [-0.1, -0.05) is 74.1 Å². The molecule has 0 fully saturated rings. The van der Waals surface area contributed by atoms with Gasteiger partial charge in [-0.2, -0.15) is 0 Å². The number of unbranched alkanes of at least 4 members (excludes halogenated alkanes) is 4. The molecule has 0 radical (unpaired) electrons. The van der Waals surface area contributed by atoms with E-state index in [1.807, 2.05) is 36.5 Å². The number of rotatable bonds is 13. The van der Waals surface area contributed by atoms with Gasteiger partial charge >= 0.3 is 5.97 Å². The summed E-state index contributed by atoms with van der Waals surface area (Å²) in [5.41, 5.74) is 0. The number of allylic oxidation sites excluding steroid dienone is 10. The minimum absolute atomic E-state index is 0.192. The van der Waals surface area contributed by atoms with Gasteiger partial charge in [0.15, 0.2) is 0 Å². The monoisotopic (exact) mass is 302 g/mol. The molecule has 1 N–H and O–H groups in total. The molecule has 122 valence electrons. The first-order chi connectivity index (χ1) is 10.8. The first-order valence-electron chi connectivity index (χ1n) is 8.29. The fraction of sp³-hybridized carbons (Fsp3) is 0.450. The van der Waals surface area contributed by atoms with Crippen molar-refractivity contribution in [3.8, 4) is 0 Å². The normalized spacial score (nSPS) is 12.8. The van der Waals surface area contributed by atoms with Crippen LogP contribution >= 0.6 is 0 Å². The quantitative estimate of drug-likeness (QED) is 0.258. The SMILES string of the molecule is CC/C=C/CCCCC/C=C/C=C/C=C/C=C/CCC(=O)O. The van der Waals surface area contributed by atoms with Crippen LogP contribution in [0.15, 0.2) is 60.8 Å². The molecule has 0 rings (SSSR count). The van der Waals surface area contributed by atoms with Crippen molar-refractivity contribution < 1.29 is 9.90 Å². The maximum Gasteiger partial charge on any atom is 0.303 e. The van der Waals surface area contributed by atoms with Gasteiger partial charge < -0.3 is 5.11 Å². The van der Waals surface area contributed by atoms with E-state index in [9.17, 15) is 4.79 Å². The largest absolute Gasteiger partial charge is 0.481 e. The zero-order valence-electron chi connectivity index (χ0n) is 13.8. The summed E-state index contributed by atoms with van der Waals surface area (Å²) in [6.45, 7) is 2.17. The molecule has 0 aromatic rings. The third-order valence-corrected chi connectivity index (χ3v) is 3.00. The van der Waals surface area contributed by atoms with Crippen molar-refractivity contribution in [3.05, 3.63) is 60.8 Å². The van der Waals surface area contributed by atoms with Crippen LogP contribution in [-0.4, -0.2) is 11.1 Å². The molecule has 0 aromatic carbocycles. The second-order valence-electron chi connectivity index (χ2n) is 5.08. The van der Waals surface area contributed by atoms with Crippen molar-refractivity contribution in [2.75, 3.05) is 0 Å². The van der Waals surface area contributed by atoms with E-state index in [4.69, 9.17) is 5.11 Å². The molecule has 0 aliphatic carbocycles. The minimum Gasteiger partial charge on any atom is -0.481 e. The van der Waals surface area contributed by atoms with E-state index >= 15 is 0 Å². The van der Waals surface area contributed by atoms with Crippen LogP contribution in [-0.2, 0) is 4.79 Å². The second-order valence-corrected chi connectivity index (χ2v) is 5.08. The number of hydrogen-bond donors (Lipinski definition) is 1. The average molecular weight is 302 g/mol. The lowest BCUT2D eigenvalue weighted by Gasteiger charge is -1.94. The molecule has 0 bridgehead atoms. The fourth-order valence-corrected chi connectivity index (χ4v) is 1.80. The van der Waals surface area contributed by atoms with Gasteiger partial charge in [-0.3, -0.25) is 4.79 Å². The van der Waals surface area contributed by atoms with Gasteiger partial charge in [0.25, 0.3) is 0 Å². The summed E-state index contributed by atoms with van der Waals surface area (Å²) in [6, 6.07) is 0. The second kappa shape index (κ2) is 17.2. The number of carbonyl (C=O) groups is 1. The molecule has 0 aliphatic rings. The standard InChI is InChI=1S/C20H30O2/c1-2-3-4-5-6-7-8-9-10-11-12-13-14-15-16-17-18-19-20(21)22/h3-4,10-17H,2,5-9,18-19H2,1H3,(H,21,22)/b4-3+,11-10+,13-12+,15-14+,17-16+. The smallest absolute Gasteiger partial charge is 0.303 e. The van der Waals surface area contributed by atoms with Crippen LogP contribution in [0.1, 0.15) is 58.3 Å². The Kier molecular flexibility index (Phi) is 15.8. The van der Waals surface area contributed by atoms with Crippen molar-refractivity contribution in [3.63, 3.8) is 0 Å². The number of carboxylic acid groups (broad SMARTS) is 1. The summed E-state index contributed by atoms with van der Waals surface area (Å²) in [5, 5.41) is 8.47. The Hall–Kier alpha value is -1.83. The molecule has 0 saturated carbocycles. The maximum absolute atomic E-state index is 10.3. The summed E-state index contributed by atoms with van der Waals surface area (Å²) < 4.78 is 0. The molecule has 0 saturated heterocycles. The molecule has 0 amide bonds. The highest BCUT2D eigenvalue weighted by Crippen LogP contribution is 2.04. The van der Waals surface area contributed by atoms with Gasteiger partial charge in [0.05, 0.1) is 0 Å². The van der Waals surface area contributed by atoms with Crippen molar-refractivity contribution >= 4 is 5.97 Å². The molecule has 0 unspecified atom stereocenters. The lowest BCUT2D eigenvalue weighted by atomic mass is 10.1. The van der Waals surface area contributed by atoms with E-state index in [1.54, 1.807) is 0 Å². The van der Waals surface area contributed by atoms with Crippen molar-refractivity contribution in [1.29, 1.82) is 0 Å². The highest BCUT2D eigenvalue weighted by atomic mass is 16.4. The molecule has 22 heavy (non-hydrogen) atoms. The summed E-state index contributed by atoms with van der Waals surface area (Å²) in [5.74, 6) is -0.754. The molecule has 0 aromatic heterocycles. The third kappa shape index (κ3) is 18.2. The van der Waals surface area contributed by atoms with Gasteiger partial charge in [-0.25, -0.2) is 0 Å². The molecular formula is C20H30O2. The van der Waals surface area contributed by atoms with Gasteiger partial charge in [0.1, 0.15) is 0 Å². The number of carboxylic acids is 1. The van der Waals surface area contributed by atoms with E-state index in [2.05, 4.69) is 31.2 Å². The predicted octanol–water partition coefficient (Wildman–Crippen LogP) is 5.99. The van der Waals surface area contributed by atoms with E-state index < -0.39 is 5.97 Å². The summed E-state index contributed by atoms with van der Waals surface area (Å²) in [4.78, 5) is 10.3. The Labute approximate surface area is 135 Å². The van der Waals surface area contributed by atoms with Gasteiger partial charge in [0, 0.05) is 6.42 Å². The predicted molar refractivity (Wildman–Crippen MR) is 95.9 cm³/mol. The number of aliphatic carboxylic acids is 1.